The number of aromatic nitrogens is 2. The summed E-state index contributed by atoms with van der Waals surface area (Å²) in [5.41, 5.74) is 3.03. The second kappa shape index (κ2) is 8.31. The van der Waals surface area contributed by atoms with Crippen LogP contribution in [0.5, 0.6) is 0 Å². The summed E-state index contributed by atoms with van der Waals surface area (Å²) in [6.07, 6.45) is 7.12. The van der Waals surface area contributed by atoms with Crippen LogP contribution in [-0.4, -0.2) is 46.8 Å². The summed E-state index contributed by atoms with van der Waals surface area (Å²) in [6, 6.07) is 17.7. The van der Waals surface area contributed by atoms with Gasteiger partial charge in [-0.15, -0.1) is 0 Å². The van der Waals surface area contributed by atoms with Crippen LogP contribution in [0.4, 0.5) is 5.69 Å². The number of hydrogen-bond donors (Lipinski definition) is 0. The van der Waals surface area contributed by atoms with E-state index >= 15 is 0 Å². The van der Waals surface area contributed by atoms with E-state index in [0.29, 0.717) is 13.1 Å². The number of nitrogens with zero attached hydrogens (tertiary/aromatic N) is 4. The number of anilines is 1. The Kier molecular flexibility index (Phi) is 5.44. The molecule has 6 heteroatoms. The number of para-hydroxylation sites is 1. The molecule has 1 saturated heterocycles. The van der Waals surface area contributed by atoms with Gasteiger partial charge < -0.3 is 9.80 Å². The third-order valence-corrected chi connectivity index (χ3v) is 5.08. The molecule has 0 N–H and O–H groups in total. The molecule has 0 spiro atoms. The smallest absolute Gasteiger partial charge is 0.246 e. The molecular formula is C22H21ClN4O. The number of benzene rings is 2. The molecule has 5 nitrogen and oxygen atoms in total. The van der Waals surface area contributed by atoms with Crippen molar-refractivity contribution in [1.82, 2.24) is 14.7 Å². The summed E-state index contributed by atoms with van der Waals surface area (Å²) in [6.45, 7) is 3.03. The number of amides is 1. The largest absolute Gasteiger partial charge is 0.368 e. The van der Waals surface area contributed by atoms with Gasteiger partial charge in [0.1, 0.15) is 0 Å². The maximum Gasteiger partial charge on any atom is 0.246 e. The topological polar surface area (TPSA) is 41.4 Å². The average molecular weight is 393 g/mol. The van der Waals surface area contributed by atoms with Gasteiger partial charge >= 0.3 is 0 Å². The molecule has 0 bridgehead atoms. The number of carbonyl (C=O) groups excluding carboxylic acids is 1. The molecule has 1 aliphatic rings. The van der Waals surface area contributed by atoms with Crippen molar-refractivity contribution in [2.45, 2.75) is 0 Å². The predicted molar refractivity (Wildman–Crippen MR) is 113 cm³/mol. The molecule has 2 aromatic carbocycles. The quantitative estimate of drug-likeness (QED) is 0.632. The Balaban J connectivity index is 1.33. The molecule has 0 unspecified atom stereocenters. The first-order valence-corrected chi connectivity index (χ1v) is 9.64. The molecule has 0 aliphatic carbocycles. The summed E-state index contributed by atoms with van der Waals surface area (Å²) in [7, 11) is 0. The number of halogens is 1. The van der Waals surface area contributed by atoms with Gasteiger partial charge in [-0.3, -0.25) is 4.79 Å². The zero-order valence-corrected chi connectivity index (χ0v) is 16.2. The Morgan fingerprint density at radius 2 is 1.64 bits per heavy atom. The minimum Gasteiger partial charge on any atom is -0.368 e. The first-order valence-electron chi connectivity index (χ1n) is 9.27. The van der Waals surface area contributed by atoms with Crippen LogP contribution in [0.25, 0.3) is 11.8 Å². The molecule has 1 aliphatic heterocycles. The molecule has 4 rings (SSSR count). The molecular weight excluding hydrogens is 372 g/mol. The molecule has 142 valence electrons. The van der Waals surface area contributed by atoms with Gasteiger partial charge in [0.2, 0.25) is 5.91 Å². The molecule has 2 heterocycles. The normalized spacial score (nSPS) is 14.6. The number of rotatable bonds is 4. The standard InChI is InChI=1S/C22H21ClN4O/c23-19-7-9-20(10-8-19)25-12-14-26(15-13-25)22(28)11-6-18-16-24-27(17-18)21-4-2-1-3-5-21/h1-11,16-17H,12-15H2. The van der Waals surface area contributed by atoms with Crippen molar-refractivity contribution in [1.29, 1.82) is 0 Å². The minimum absolute atomic E-state index is 0.0308. The highest BCUT2D eigenvalue weighted by Gasteiger charge is 2.19. The molecule has 1 fully saturated rings. The van der Waals surface area contributed by atoms with Gasteiger partial charge in [0.15, 0.2) is 0 Å². The van der Waals surface area contributed by atoms with Crippen LogP contribution in [0.3, 0.4) is 0 Å². The van der Waals surface area contributed by atoms with E-state index in [1.165, 1.54) is 0 Å². The van der Waals surface area contributed by atoms with Crippen LogP contribution in [0.2, 0.25) is 5.02 Å². The van der Waals surface area contributed by atoms with E-state index in [9.17, 15) is 4.79 Å². The maximum atomic E-state index is 12.5. The van der Waals surface area contributed by atoms with Gasteiger partial charge in [-0.1, -0.05) is 29.8 Å². The number of hydrogen-bond acceptors (Lipinski definition) is 3. The monoisotopic (exact) mass is 392 g/mol. The van der Waals surface area contributed by atoms with E-state index in [0.717, 1.165) is 35.1 Å². The fourth-order valence-electron chi connectivity index (χ4n) is 3.25. The van der Waals surface area contributed by atoms with E-state index in [1.807, 2.05) is 71.8 Å². The number of piperazine rings is 1. The zero-order chi connectivity index (χ0) is 19.3. The molecule has 0 atom stereocenters. The van der Waals surface area contributed by atoms with E-state index in [2.05, 4.69) is 10.00 Å². The third-order valence-electron chi connectivity index (χ3n) is 4.82. The molecule has 0 radical (unpaired) electrons. The van der Waals surface area contributed by atoms with Crippen molar-refractivity contribution >= 4 is 29.3 Å². The van der Waals surface area contributed by atoms with Gasteiger partial charge in [-0.2, -0.15) is 5.10 Å². The fraction of sp³-hybridized carbons (Fsp3) is 0.182. The van der Waals surface area contributed by atoms with Crippen molar-refractivity contribution < 1.29 is 4.79 Å². The minimum atomic E-state index is 0.0308. The Morgan fingerprint density at radius 1 is 0.929 bits per heavy atom. The van der Waals surface area contributed by atoms with E-state index < -0.39 is 0 Å². The highest BCUT2D eigenvalue weighted by Crippen LogP contribution is 2.19. The second-order valence-corrected chi connectivity index (χ2v) is 7.11. The summed E-state index contributed by atoms with van der Waals surface area (Å²) in [4.78, 5) is 16.7. The van der Waals surface area contributed by atoms with Crippen LogP contribution >= 0.6 is 11.6 Å². The molecule has 28 heavy (non-hydrogen) atoms. The predicted octanol–water partition coefficient (Wildman–Crippen LogP) is 3.89. The first kappa shape index (κ1) is 18.3. The van der Waals surface area contributed by atoms with Crippen LogP contribution in [0.15, 0.2) is 73.1 Å². The SMILES string of the molecule is O=C(C=Cc1cnn(-c2ccccc2)c1)N1CCN(c2ccc(Cl)cc2)CC1. The first-order chi connectivity index (χ1) is 13.7. The summed E-state index contributed by atoms with van der Waals surface area (Å²) in [5.74, 6) is 0.0308. The van der Waals surface area contributed by atoms with Crippen LogP contribution in [-0.2, 0) is 4.79 Å². The van der Waals surface area contributed by atoms with E-state index in [1.54, 1.807) is 17.0 Å². The highest BCUT2D eigenvalue weighted by atomic mass is 35.5. The maximum absolute atomic E-state index is 12.5. The van der Waals surface area contributed by atoms with Gasteiger partial charge in [-0.25, -0.2) is 4.68 Å². The second-order valence-electron chi connectivity index (χ2n) is 6.68. The average Bonchev–Trinajstić information content (AvgIpc) is 3.22. The van der Waals surface area contributed by atoms with Crippen molar-refractivity contribution in [3.8, 4) is 5.69 Å². The highest BCUT2D eigenvalue weighted by molar-refractivity contribution is 6.30. The van der Waals surface area contributed by atoms with Crippen molar-refractivity contribution in [3.05, 3.63) is 83.7 Å². The Labute approximate surface area is 169 Å². The van der Waals surface area contributed by atoms with Gasteiger partial charge in [0.05, 0.1) is 11.9 Å². The molecule has 1 amide bonds. The van der Waals surface area contributed by atoms with Gasteiger partial charge in [-0.05, 0) is 42.5 Å². The lowest BCUT2D eigenvalue weighted by Crippen LogP contribution is -2.48. The van der Waals surface area contributed by atoms with Crippen LogP contribution in [0.1, 0.15) is 5.56 Å². The summed E-state index contributed by atoms with van der Waals surface area (Å²) in [5, 5.41) is 5.09. The van der Waals surface area contributed by atoms with Crippen molar-refractivity contribution in [2.75, 3.05) is 31.1 Å². The van der Waals surface area contributed by atoms with Crippen LogP contribution < -0.4 is 4.90 Å². The van der Waals surface area contributed by atoms with Crippen LogP contribution in [0, 0.1) is 0 Å². The summed E-state index contributed by atoms with van der Waals surface area (Å²) >= 11 is 5.95. The van der Waals surface area contributed by atoms with Gasteiger partial charge in [0.25, 0.3) is 0 Å². The van der Waals surface area contributed by atoms with Crippen molar-refractivity contribution in [3.63, 3.8) is 0 Å². The van der Waals surface area contributed by atoms with Gasteiger partial charge in [0, 0.05) is 54.7 Å². The van der Waals surface area contributed by atoms with E-state index in [-0.39, 0.29) is 5.91 Å². The fourth-order valence-corrected chi connectivity index (χ4v) is 3.38. The lowest BCUT2D eigenvalue weighted by molar-refractivity contribution is -0.126. The Hall–Kier alpha value is -3.05. The Bertz CT molecular complexity index is 958. The van der Waals surface area contributed by atoms with E-state index in [4.69, 9.17) is 11.6 Å². The molecule has 1 aromatic heterocycles. The molecule has 3 aromatic rings. The third kappa shape index (κ3) is 4.26. The lowest BCUT2D eigenvalue weighted by Gasteiger charge is -2.35. The zero-order valence-electron chi connectivity index (χ0n) is 15.4. The lowest BCUT2D eigenvalue weighted by atomic mass is 10.2. The number of carbonyl (C=O) groups is 1. The Morgan fingerprint density at radius 3 is 2.36 bits per heavy atom. The van der Waals surface area contributed by atoms with Crippen molar-refractivity contribution in [2.24, 2.45) is 0 Å². The molecule has 0 saturated carbocycles. The summed E-state index contributed by atoms with van der Waals surface area (Å²) < 4.78 is 1.80.